The predicted octanol–water partition coefficient (Wildman–Crippen LogP) is 4.60. The van der Waals surface area contributed by atoms with Gasteiger partial charge in [0.1, 0.15) is 0 Å². The van der Waals surface area contributed by atoms with Gasteiger partial charge in [0.2, 0.25) is 5.95 Å². The van der Waals surface area contributed by atoms with E-state index >= 15 is 0 Å². The fraction of sp³-hybridized carbons (Fsp3) is 0.241. The lowest BCUT2D eigenvalue weighted by atomic mass is 10.1. The summed E-state index contributed by atoms with van der Waals surface area (Å²) in [5.41, 5.74) is 5.85. The van der Waals surface area contributed by atoms with E-state index in [1.807, 2.05) is 67.6 Å². The third kappa shape index (κ3) is 6.38. The average molecular weight is 512 g/mol. The van der Waals surface area contributed by atoms with Crippen molar-refractivity contribution in [3.8, 4) is 11.3 Å². The summed E-state index contributed by atoms with van der Waals surface area (Å²) in [6.45, 7) is 5.54. The molecule has 0 unspecified atom stereocenters. The van der Waals surface area contributed by atoms with Gasteiger partial charge in [-0.05, 0) is 60.5 Å². The normalized spacial score (nSPS) is 15.1. The molecule has 1 fully saturated rings. The van der Waals surface area contributed by atoms with Gasteiger partial charge < -0.3 is 20.5 Å². The Hall–Kier alpha value is -4.18. The number of quaternary nitrogens is 1. The number of piperazine rings is 1. The van der Waals surface area contributed by atoms with Crippen molar-refractivity contribution in [3.63, 3.8) is 0 Å². The van der Waals surface area contributed by atoms with Crippen molar-refractivity contribution < 1.29 is 9.44 Å². The standard InChI is InChI=1S/C29H31N7O2/c1-21-5-10-25(18-27(21)34-29-31-13-11-26(33-29)24-4-3-12-30-19-24)32-28(37)23-8-6-22(7-9-23)20-35-14-16-36(2,38)17-15-35/h3-13,18-19H,14-17,20H2,1-2H3,(H,32,37)(H,31,33,34)/i29+2. The second kappa shape index (κ2) is 11.1. The smallest absolute Gasteiger partial charge is 0.255 e. The summed E-state index contributed by atoms with van der Waals surface area (Å²) in [5, 5.41) is 18.3. The van der Waals surface area contributed by atoms with Crippen molar-refractivity contribution in [3.05, 3.63) is 101 Å². The van der Waals surface area contributed by atoms with Crippen molar-refractivity contribution in [1.29, 1.82) is 0 Å². The Morgan fingerprint density at radius 1 is 1.08 bits per heavy atom. The Morgan fingerprint density at radius 2 is 1.87 bits per heavy atom. The molecule has 0 saturated carbocycles. The highest BCUT2D eigenvalue weighted by molar-refractivity contribution is 6.04. The van der Waals surface area contributed by atoms with Crippen molar-refractivity contribution >= 4 is 23.2 Å². The highest BCUT2D eigenvalue weighted by atomic mass is 16.5. The zero-order valence-corrected chi connectivity index (χ0v) is 21.6. The van der Waals surface area contributed by atoms with Gasteiger partial charge in [-0.3, -0.25) is 14.7 Å². The molecule has 5 rings (SSSR count). The monoisotopic (exact) mass is 511 g/mol. The van der Waals surface area contributed by atoms with Gasteiger partial charge in [-0.15, -0.1) is 0 Å². The zero-order valence-electron chi connectivity index (χ0n) is 21.6. The van der Waals surface area contributed by atoms with Crippen LogP contribution in [0.15, 0.2) is 79.3 Å². The summed E-state index contributed by atoms with van der Waals surface area (Å²) >= 11 is 0. The van der Waals surface area contributed by atoms with Gasteiger partial charge in [-0.1, -0.05) is 18.2 Å². The van der Waals surface area contributed by atoms with E-state index in [0.29, 0.717) is 30.3 Å². The number of carbonyl (C=O) groups is 1. The lowest BCUT2D eigenvalue weighted by molar-refractivity contribution is -0.865. The molecule has 194 valence electrons. The molecule has 1 aliphatic rings. The largest absolute Gasteiger partial charge is 0.633 e. The number of nitrogens with zero attached hydrogens (tertiary/aromatic N) is 5. The first-order chi connectivity index (χ1) is 18.3. The van der Waals surface area contributed by atoms with Gasteiger partial charge in [-0.25, -0.2) is 9.97 Å². The maximum absolute atomic E-state index is 12.9. The van der Waals surface area contributed by atoms with E-state index in [1.165, 1.54) is 0 Å². The van der Waals surface area contributed by atoms with Gasteiger partial charge in [0.05, 0.1) is 25.8 Å². The molecular weight excluding hydrogens is 480 g/mol. The molecule has 2 aromatic carbocycles. The second-order valence-electron chi connectivity index (χ2n) is 9.83. The molecule has 4 aromatic rings. The summed E-state index contributed by atoms with van der Waals surface area (Å²) in [6, 6.07) is 19.0. The fourth-order valence-corrected chi connectivity index (χ4v) is 4.36. The van der Waals surface area contributed by atoms with Crippen LogP contribution in [0.1, 0.15) is 21.5 Å². The van der Waals surface area contributed by atoms with Crippen LogP contribution in [0.5, 0.6) is 0 Å². The molecule has 0 radical (unpaired) electrons. The lowest BCUT2D eigenvalue weighted by Gasteiger charge is -2.45. The summed E-state index contributed by atoms with van der Waals surface area (Å²) in [6.07, 6.45) is 5.19. The average Bonchev–Trinajstić information content (AvgIpc) is 2.93. The third-order valence-electron chi connectivity index (χ3n) is 6.76. The van der Waals surface area contributed by atoms with Crippen LogP contribution in [-0.4, -0.2) is 63.6 Å². The van der Waals surface area contributed by atoms with Crippen LogP contribution in [0.3, 0.4) is 0 Å². The Balaban J connectivity index is 1.22. The number of hydrogen-bond donors (Lipinski definition) is 2. The number of hydrogen-bond acceptors (Lipinski definition) is 7. The van der Waals surface area contributed by atoms with E-state index in [4.69, 9.17) is 0 Å². The molecule has 1 amide bonds. The Bertz CT molecular complexity index is 1400. The summed E-state index contributed by atoms with van der Waals surface area (Å²) < 4.78 is -0.170. The molecule has 0 spiro atoms. The minimum atomic E-state index is -0.182. The number of aromatic nitrogens is 3. The number of anilines is 3. The summed E-state index contributed by atoms with van der Waals surface area (Å²) in [5.74, 6) is 0.277. The van der Waals surface area contributed by atoms with E-state index in [9.17, 15) is 10.0 Å². The van der Waals surface area contributed by atoms with E-state index in [-0.39, 0.29) is 10.6 Å². The number of likely N-dealkylation sites (N-methyl/N-ethyl adjacent to an activating group) is 1. The first kappa shape index (κ1) is 25.5. The molecule has 2 N–H and O–H groups in total. The van der Waals surface area contributed by atoms with Crippen LogP contribution in [0.4, 0.5) is 17.3 Å². The van der Waals surface area contributed by atoms with Crippen LogP contribution < -0.4 is 10.6 Å². The van der Waals surface area contributed by atoms with E-state index < -0.39 is 0 Å². The molecule has 1 saturated heterocycles. The number of benzene rings is 2. The Morgan fingerprint density at radius 3 is 2.61 bits per heavy atom. The highest BCUT2D eigenvalue weighted by Crippen LogP contribution is 2.25. The third-order valence-corrected chi connectivity index (χ3v) is 6.76. The maximum atomic E-state index is 12.9. The van der Waals surface area contributed by atoms with Crippen LogP contribution in [0.25, 0.3) is 11.3 Å². The van der Waals surface area contributed by atoms with Gasteiger partial charge in [0.25, 0.3) is 5.91 Å². The quantitative estimate of drug-likeness (QED) is 0.276. The SMILES string of the molecule is Cc1ccc(NC(=O)c2ccc(CN3CC[N+](C)([O-])CC3)cc2)cc1N[14c]1nccc(-c2cccnc2)n1. The first-order valence-electron chi connectivity index (χ1n) is 12.6. The molecule has 3 heterocycles. The second-order valence-corrected chi connectivity index (χ2v) is 9.83. The van der Waals surface area contributed by atoms with Crippen molar-refractivity contribution in [2.24, 2.45) is 0 Å². The minimum Gasteiger partial charge on any atom is -0.633 e. The molecule has 38 heavy (non-hydrogen) atoms. The zero-order chi connectivity index (χ0) is 26.5. The van der Waals surface area contributed by atoms with Crippen LogP contribution in [-0.2, 0) is 6.54 Å². The molecule has 2 aromatic heterocycles. The molecule has 9 nitrogen and oxygen atoms in total. The van der Waals surface area contributed by atoms with Gasteiger partial charge >= 0.3 is 0 Å². The minimum absolute atomic E-state index is 0.170. The maximum Gasteiger partial charge on any atom is 0.255 e. The number of rotatable bonds is 7. The van der Waals surface area contributed by atoms with Crippen LogP contribution in [0.2, 0.25) is 0 Å². The topological polar surface area (TPSA) is 106 Å². The van der Waals surface area contributed by atoms with Gasteiger partial charge in [0, 0.05) is 60.7 Å². The number of nitrogens with one attached hydrogen (secondary N) is 2. The molecule has 0 bridgehead atoms. The van der Waals surface area contributed by atoms with Crippen LogP contribution >= 0.6 is 0 Å². The van der Waals surface area contributed by atoms with E-state index in [0.717, 1.165) is 47.7 Å². The number of aryl methyl sites for hydroxylation is 1. The molecule has 0 aliphatic carbocycles. The fourth-order valence-electron chi connectivity index (χ4n) is 4.36. The Labute approximate surface area is 222 Å². The number of amides is 1. The molecule has 1 aliphatic heterocycles. The van der Waals surface area contributed by atoms with Gasteiger partial charge in [-0.2, -0.15) is 0 Å². The molecular formula is C29H31N7O2. The number of hydroxylamine groups is 3. The van der Waals surface area contributed by atoms with Crippen molar-refractivity contribution in [1.82, 2.24) is 19.9 Å². The first-order valence-corrected chi connectivity index (χ1v) is 12.6. The summed E-state index contributed by atoms with van der Waals surface area (Å²) in [4.78, 5) is 28.3. The predicted molar refractivity (Wildman–Crippen MR) is 149 cm³/mol. The van der Waals surface area contributed by atoms with E-state index in [1.54, 1.807) is 25.6 Å². The van der Waals surface area contributed by atoms with Crippen molar-refractivity contribution in [2.75, 3.05) is 43.9 Å². The van der Waals surface area contributed by atoms with Crippen LogP contribution in [0, 0.1) is 12.1 Å². The number of carbonyl (C=O) groups excluding carboxylic acids is 1. The van der Waals surface area contributed by atoms with E-state index in [2.05, 4.69) is 30.5 Å². The lowest BCUT2D eigenvalue weighted by Crippen LogP contribution is -2.53. The number of pyridine rings is 1. The summed E-state index contributed by atoms with van der Waals surface area (Å²) in [7, 11) is 1.73. The molecule has 9 heteroatoms. The Kier molecular flexibility index (Phi) is 7.41. The highest BCUT2D eigenvalue weighted by Gasteiger charge is 2.21. The van der Waals surface area contributed by atoms with Gasteiger partial charge in [0.15, 0.2) is 0 Å². The molecule has 0 atom stereocenters. The van der Waals surface area contributed by atoms with Crippen molar-refractivity contribution in [2.45, 2.75) is 13.5 Å².